The number of benzene rings is 1. The molecule has 1 aliphatic heterocycles. The van der Waals surface area contributed by atoms with E-state index in [1.165, 1.54) is 6.07 Å². The van der Waals surface area contributed by atoms with E-state index in [-0.39, 0.29) is 5.82 Å². The van der Waals surface area contributed by atoms with Crippen molar-refractivity contribution in [2.45, 2.75) is 12.8 Å². The maximum atomic E-state index is 13.3. The van der Waals surface area contributed by atoms with E-state index in [0.717, 1.165) is 41.9 Å². The van der Waals surface area contributed by atoms with Crippen molar-refractivity contribution in [3.05, 3.63) is 34.1 Å². The molecule has 1 aromatic carbocycles. The Morgan fingerprint density at radius 3 is 2.86 bits per heavy atom. The first-order valence-electron chi connectivity index (χ1n) is 4.90. The first-order chi connectivity index (χ1) is 6.75. The standard InChI is InChI=1S/C11H13BrFN/c12-10-3-4-11(13)9(5-10)2-1-8-6-14-7-8/h3-5,8,14H,1-2,6-7H2. The molecule has 1 heterocycles. The van der Waals surface area contributed by atoms with Crippen LogP contribution in [0.15, 0.2) is 22.7 Å². The molecule has 1 fully saturated rings. The number of aryl methyl sites for hydroxylation is 1. The summed E-state index contributed by atoms with van der Waals surface area (Å²) < 4.78 is 14.3. The zero-order valence-corrected chi connectivity index (χ0v) is 9.48. The largest absolute Gasteiger partial charge is 0.316 e. The quantitative estimate of drug-likeness (QED) is 0.879. The van der Waals surface area contributed by atoms with Crippen molar-refractivity contribution in [2.75, 3.05) is 13.1 Å². The molecule has 0 aromatic heterocycles. The summed E-state index contributed by atoms with van der Waals surface area (Å²) in [6, 6.07) is 5.14. The fourth-order valence-electron chi connectivity index (χ4n) is 1.65. The molecule has 1 aliphatic rings. The maximum absolute atomic E-state index is 13.3. The number of nitrogens with one attached hydrogen (secondary N) is 1. The van der Waals surface area contributed by atoms with E-state index in [1.807, 2.05) is 6.07 Å². The van der Waals surface area contributed by atoms with Gasteiger partial charge < -0.3 is 5.32 Å². The Labute approximate surface area is 91.8 Å². The summed E-state index contributed by atoms with van der Waals surface area (Å²) in [5, 5.41) is 3.22. The van der Waals surface area contributed by atoms with Gasteiger partial charge in [-0.2, -0.15) is 0 Å². The Hall–Kier alpha value is -0.410. The van der Waals surface area contributed by atoms with Gasteiger partial charge in [-0.05, 0) is 55.6 Å². The predicted molar refractivity (Wildman–Crippen MR) is 58.8 cm³/mol. The molecule has 0 amide bonds. The molecule has 0 unspecified atom stereocenters. The smallest absolute Gasteiger partial charge is 0.126 e. The highest BCUT2D eigenvalue weighted by atomic mass is 79.9. The van der Waals surface area contributed by atoms with Gasteiger partial charge >= 0.3 is 0 Å². The lowest BCUT2D eigenvalue weighted by Gasteiger charge is -2.26. The molecule has 0 atom stereocenters. The second kappa shape index (κ2) is 4.41. The summed E-state index contributed by atoms with van der Waals surface area (Å²) >= 11 is 3.36. The van der Waals surface area contributed by atoms with Crippen LogP contribution in [0.2, 0.25) is 0 Å². The highest BCUT2D eigenvalue weighted by Crippen LogP contribution is 2.19. The topological polar surface area (TPSA) is 12.0 Å². The van der Waals surface area contributed by atoms with Crippen molar-refractivity contribution in [2.24, 2.45) is 5.92 Å². The van der Waals surface area contributed by atoms with Gasteiger partial charge in [0.1, 0.15) is 5.82 Å². The van der Waals surface area contributed by atoms with Gasteiger partial charge in [0.05, 0.1) is 0 Å². The van der Waals surface area contributed by atoms with Crippen molar-refractivity contribution >= 4 is 15.9 Å². The van der Waals surface area contributed by atoms with Crippen molar-refractivity contribution in [1.29, 1.82) is 0 Å². The molecule has 76 valence electrons. The minimum absolute atomic E-state index is 0.0829. The first-order valence-corrected chi connectivity index (χ1v) is 5.69. The van der Waals surface area contributed by atoms with Crippen LogP contribution in [-0.4, -0.2) is 13.1 Å². The first kappa shape index (κ1) is 10.1. The molecule has 1 nitrogen and oxygen atoms in total. The van der Waals surface area contributed by atoms with Gasteiger partial charge in [-0.15, -0.1) is 0 Å². The summed E-state index contributed by atoms with van der Waals surface area (Å²) in [4.78, 5) is 0. The number of hydrogen-bond acceptors (Lipinski definition) is 1. The van der Waals surface area contributed by atoms with Crippen molar-refractivity contribution in [1.82, 2.24) is 5.32 Å². The van der Waals surface area contributed by atoms with E-state index >= 15 is 0 Å². The predicted octanol–water partition coefficient (Wildman–Crippen LogP) is 2.74. The summed E-state index contributed by atoms with van der Waals surface area (Å²) in [6.07, 6.45) is 1.93. The lowest BCUT2D eigenvalue weighted by molar-refractivity contribution is 0.326. The highest BCUT2D eigenvalue weighted by Gasteiger charge is 2.16. The van der Waals surface area contributed by atoms with E-state index < -0.39 is 0 Å². The molecular formula is C11H13BrFN. The van der Waals surface area contributed by atoms with Crippen LogP contribution in [0.3, 0.4) is 0 Å². The minimum atomic E-state index is -0.0829. The summed E-state index contributed by atoms with van der Waals surface area (Å²) in [5.41, 5.74) is 0.825. The zero-order valence-electron chi connectivity index (χ0n) is 7.89. The molecule has 1 N–H and O–H groups in total. The number of rotatable bonds is 3. The molecular weight excluding hydrogens is 245 g/mol. The molecule has 0 radical (unpaired) electrons. The van der Waals surface area contributed by atoms with Gasteiger partial charge in [-0.1, -0.05) is 15.9 Å². The normalized spacial score (nSPS) is 16.7. The molecule has 0 saturated carbocycles. The van der Waals surface area contributed by atoms with E-state index in [0.29, 0.717) is 0 Å². The van der Waals surface area contributed by atoms with Crippen LogP contribution in [0.5, 0.6) is 0 Å². The molecule has 2 rings (SSSR count). The molecule has 1 aromatic rings. The van der Waals surface area contributed by atoms with Crippen molar-refractivity contribution in [3.8, 4) is 0 Å². The Balaban J connectivity index is 1.96. The summed E-state index contributed by atoms with van der Waals surface area (Å²) in [7, 11) is 0. The van der Waals surface area contributed by atoms with Gasteiger partial charge in [0.25, 0.3) is 0 Å². The Bertz CT molecular complexity index is 323. The van der Waals surface area contributed by atoms with Crippen LogP contribution in [-0.2, 0) is 6.42 Å². The molecule has 3 heteroatoms. The molecule has 0 bridgehead atoms. The summed E-state index contributed by atoms with van der Waals surface area (Å²) in [5.74, 6) is 0.661. The average Bonchev–Trinajstić information content (AvgIpc) is 2.08. The Morgan fingerprint density at radius 1 is 1.43 bits per heavy atom. The van der Waals surface area contributed by atoms with E-state index in [4.69, 9.17) is 0 Å². The van der Waals surface area contributed by atoms with Gasteiger partial charge in [0, 0.05) is 4.47 Å². The Morgan fingerprint density at radius 2 is 2.21 bits per heavy atom. The van der Waals surface area contributed by atoms with Crippen LogP contribution < -0.4 is 5.32 Å². The summed E-state index contributed by atoms with van der Waals surface area (Å²) in [6.45, 7) is 2.19. The van der Waals surface area contributed by atoms with Gasteiger partial charge in [-0.25, -0.2) is 4.39 Å². The lowest BCUT2D eigenvalue weighted by Crippen LogP contribution is -2.42. The Kier molecular flexibility index (Phi) is 3.19. The van der Waals surface area contributed by atoms with Crippen LogP contribution in [0.25, 0.3) is 0 Å². The molecule has 1 saturated heterocycles. The second-order valence-electron chi connectivity index (χ2n) is 3.80. The third kappa shape index (κ3) is 2.34. The van der Waals surface area contributed by atoms with E-state index in [2.05, 4.69) is 21.2 Å². The number of hydrogen-bond donors (Lipinski definition) is 1. The fraction of sp³-hybridized carbons (Fsp3) is 0.455. The molecule has 14 heavy (non-hydrogen) atoms. The van der Waals surface area contributed by atoms with Crippen LogP contribution in [0.1, 0.15) is 12.0 Å². The van der Waals surface area contributed by atoms with Gasteiger partial charge in [0.15, 0.2) is 0 Å². The van der Waals surface area contributed by atoms with Crippen LogP contribution >= 0.6 is 15.9 Å². The van der Waals surface area contributed by atoms with Gasteiger partial charge in [0.2, 0.25) is 0 Å². The molecule has 0 spiro atoms. The molecule has 0 aliphatic carbocycles. The number of halogens is 2. The maximum Gasteiger partial charge on any atom is 0.126 e. The van der Waals surface area contributed by atoms with Crippen molar-refractivity contribution in [3.63, 3.8) is 0 Å². The van der Waals surface area contributed by atoms with Crippen molar-refractivity contribution < 1.29 is 4.39 Å². The minimum Gasteiger partial charge on any atom is -0.316 e. The third-order valence-electron chi connectivity index (χ3n) is 2.70. The van der Waals surface area contributed by atoms with Crippen LogP contribution in [0.4, 0.5) is 4.39 Å². The SMILES string of the molecule is Fc1ccc(Br)cc1CCC1CNC1. The van der Waals surface area contributed by atoms with E-state index in [9.17, 15) is 4.39 Å². The zero-order chi connectivity index (χ0) is 9.97. The highest BCUT2D eigenvalue weighted by molar-refractivity contribution is 9.10. The average molecular weight is 258 g/mol. The second-order valence-corrected chi connectivity index (χ2v) is 4.71. The third-order valence-corrected chi connectivity index (χ3v) is 3.19. The van der Waals surface area contributed by atoms with Gasteiger partial charge in [-0.3, -0.25) is 0 Å². The van der Waals surface area contributed by atoms with Crippen LogP contribution in [0, 0.1) is 11.7 Å². The monoisotopic (exact) mass is 257 g/mol. The van der Waals surface area contributed by atoms with E-state index in [1.54, 1.807) is 6.07 Å². The lowest BCUT2D eigenvalue weighted by atomic mass is 9.95. The fourth-order valence-corrected chi connectivity index (χ4v) is 2.06.